The Morgan fingerprint density at radius 1 is 1.18 bits per heavy atom. The van der Waals surface area contributed by atoms with Crippen LogP contribution in [0.5, 0.6) is 0 Å². The topological polar surface area (TPSA) is 175 Å². The second kappa shape index (κ2) is 12.2. The molecule has 3 aliphatic rings. The van der Waals surface area contributed by atoms with Crippen LogP contribution in [0.3, 0.4) is 0 Å². The summed E-state index contributed by atoms with van der Waals surface area (Å²) in [6.07, 6.45) is -0.469. The van der Waals surface area contributed by atoms with Crippen molar-refractivity contribution >= 4 is 76.8 Å². The average molecular weight is 743 g/mol. The van der Waals surface area contributed by atoms with Gasteiger partial charge in [-0.1, -0.05) is 24.6 Å². The van der Waals surface area contributed by atoms with Gasteiger partial charge in [-0.3, -0.25) is 5.32 Å². The first-order valence-corrected chi connectivity index (χ1v) is 18.7. The van der Waals surface area contributed by atoms with Gasteiger partial charge in [-0.05, 0) is 56.4 Å². The van der Waals surface area contributed by atoms with Gasteiger partial charge in [-0.15, -0.1) is 11.3 Å². The fourth-order valence-electron chi connectivity index (χ4n) is 7.10. The fourth-order valence-corrected chi connectivity index (χ4v) is 9.24. The molecule has 5 heterocycles. The second-order valence-corrected chi connectivity index (χ2v) is 17.0. The van der Waals surface area contributed by atoms with Crippen molar-refractivity contribution in [2.24, 2.45) is 0 Å². The minimum absolute atomic E-state index is 0.000286. The number of sulfone groups is 1. The Kier molecular flexibility index (Phi) is 8.33. The lowest BCUT2D eigenvalue weighted by atomic mass is 9.90. The Bertz CT molecular complexity index is 2270. The highest BCUT2D eigenvalue weighted by Crippen LogP contribution is 2.51. The Hall–Kier alpha value is -4.30. The molecular weight excluding hydrogens is 711 g/mol. The molecule has 2 saturated heterocycles. The van der Waals surface area contributed by atoms with E-state index in [4.69, 9.17) is 21.1 Å². The third-order valence-corrected chi connectivity index (χ3v) is 12.2. The fraction of sp³-hybridized carbons (Fsp3) is 0.424. The highest BCUT2D eigenvalue weighted by molar-refractivity contribution is 7.91. The minimum atomic E-state index is -3.96. The number of nitrogens with one attached hydrogen (secondary N) is 1. The van der Waals surface area contributed by atoms with Gasteiger partial charge in [0.1, 0.15) is 28.3 Å². The Labute approximate surface area is 295 Å². The molecule has 3 aliphatic heterocycles. The summed E-state index contributed by atoms with van der Waals surface area (Å²) in [5, 5.41) is 23.1. The summed E-state index contributed by atoms with van der Waals surface area (Å²) >= 11 is 8.16. The molecule has 2 amide bonds. The molecule has 2 unspecified atom stereocenters. The highest BCUT2D eigenvalue weighted by Gasteiger charge is 2.44. The number of nitrogens with zero attached hydrogens (tertiary/aromatic N) is 5. The maximum absolute atomic E-state index is 15.5. The van der Waals surface area contributed by atoms with Gasteiger partial charge in [0.15, 0.2) is 0 Å². The van der Waals surface area contributed by atoms with Crippen molar-refractivity contribution in [1.82, 2.24) is 14.9 Å². The standard InChI is InChI=1S/C33H32ClFN6O7S2/c1-5-50(45,46)30-37-26-24(28(38-30)41-15-6-7-16(41)12-40(11-15)32(43)44)20-14-47-13-19(20)22(25(26)34)17-8-9-21(35)27-23(17)18(10-36)29(49-27)39-31(42)48-33(2,3)4/h8-9,15-16H,5-7,11-14H2,1-4H3,(H,39,42)(H,43,44). The molecule has 2 aromatic carbocycles. The molecule has 262 valence electrons. The lowest BCUT2D eigenvalue weighted by molar-refractivity contribution is 0.0636. The lowest BCUT2D eigenvalue weighted by Crippen LogP contribution is -2.55. The normalized spacial score (nSPS) is 18.8. The van der Waals surface area contributed by atoms with Crippen molar-refractivity contribution < 1.29 is 37.0 Å². The number of fused-ring (bicyclic) bond motifs is 6. The number of nitriles is 1. The van der Waals surface area contributed by atoms with E-state index in [1.54, 1.807) is 20.8 Å². The zero-order valence-electron chi connectivity index (χ0n) is 27.5. The maximum atomic E-state index is 15.5. The van der Waals surface area contributed by atoms with Crippen LogP contribution in [0.2, 0.25) is 5.02 Å². The molecule has 2 fully saturated rings. The van der Waals surface area contributed by atoms with Crippen molar-refractivity contribution in [2.75, 3.05) is 29.1 Å². The van der Waals surface area contributed by atoms with Crippen LogP contribution in [-0.4, -0.2) is 77.1 Å². The quantitative estimate of drug-likeness (QED) is 0.209. The van der Waals surface area contributed by atoms with Gasteiger partial charge in [0.2, 0.25) is 15.0 Å². The van der Waals surface area contributed by atoms with Gasteiger partial charge < -0.3 is 24.4 Å². The number of hydrogen-bond donors (Lipinski definition) is 2. The van der Waals surface area contributed by atoms with E-state index < -0.39 is 38.6 Å². The highest BCUT2D eigenvalue weighted by atomic mass is 35.5. The molecule has 2 atom stereocenters. The van der Waals surface area contributed by atoms with Gasteiger partial charge in [0.25, 0.3) is 0 Å². The van der Waals surface area contributed by atoms with Crippen LogP contribution in [0.25, 0.3) is 32.1 Å². The lowest BCUT2D eigenvalue weighted by Gasteiger charge is -2.41. The summed E-state index contributed by atoms with van der Waals surface area (Å²) in [5.74, 6) is -0.553. The second-order valence-electron chi connectivity index (χ2n) is 13.4. The van der Waals surface area contributed by atoms with Crippen LogP contribution in [0.1, 0.15) is 57.2 Å². The van der Waals surface area contributed by atoms with E-state index in [0.29, 0.717) is 46.3 Å². The summed E-state index contributed by atoms with van der Waals surface area (Å²) in [4.78, 5) is 37.2. The molecular formula is C33H32ClFN6O7S2. The van der Waals surface area contributed by atoms with Crippen LogP contribution in [0.15, 0.2) is 17.3 Å². The molecule has 13 nitrogen and oxygen atoms in total. The number of amides is 2. The monoisotopic (exact) mass is 742 g/mol. The number of anilines is 2. The number of thiophene rings is 1. The molecule has 0 radical (unpaired) electrons. The molecule has 2 N–H and O–H groups in total. The van der Waals surface area contributed by atoms with Crippen LogP contribution < -0.4 is 10.2 Å². The number of carbonyl (C=O) groups is 2. The van der Waals surface area contributed by atoms with Crippen molar-refractivity contribution in [1.29, 1.82) is 5.26 Å². The van der Waals surface area contributed by atoms with E-state index in [1.807, 2.05) is 4.90 Å². The third-order valence-electron chi connectivity index (χ3n) is 9.20. The van der Waals surface area contributed by atoms with Crippen molar-refractivity contribution in [3.8, 4) is 17.2 Å². The first-order chi connectivity index (χ1) is 23.6. The van der Waals surface area contributed by atoms with E-state index in [2.05, 4.69) is 21.4 Å². The summed E-state index contributed by atoms with van der Waals surface area (Å²) in [5.41, 5.74) is 1.37. The smallest absolute Gasteiger partial charge is 0.412 e. The Morgan fingerprint density at radius 2 is 1.86 bits per heavy atom. The first kappa shape index (κ1) is 34.2. The summed E-state index contributed by atoms with van der Waals surface area (Å²) < 4.78 is 53.6. The van der Waals surface area contributed by atoms with Crippen LogP contribution in [0, 0.1) is 17.1 Å². The number of hydrogen-bond acceptors (Lipinski definition) is 11. The van der Waals surface area contributed by atoms with Crippen molar-refractivity contribution in [2.45, 2.75) is 76.6 Å². The van der Waals surface area contributed by atoms with E-state index in [-0.39, 0.29) is 75.3 Å². The van der Waals surface area contributed by atoms with Gasteiger partial charge in [0, 0.05) is 36.1 Å². The molecule has 2 bridgehead atoms. The summed E-state index contributed by atoms with van der Waals surface area (Å²) in [6, 6.07) is 4.33. The van der Waals surface area contributed by atoms with Crippen molar-refractivity contribution in [3.05, 3.63) is 39.7 Å². The van der Waals surface area contributed by atoms with Gasteiger partial charge in [0.05, 0.1) is 45.2 Å². The number of halogens is 2. The molecule has 4 aromatic rings. The van der Waals surface area contributed by atoms with E-state index >= 15 is 4.39 Å². The van der Waals surface area contributed by atoms with E-state index in [0.717, 1.165) is 11.3 Å². The molecule has 0 spiro atoms. The number of benzene rings is 2. The number of carbonyl (C=O) groups excluding carboxylic acids is 1. The largest absolute Gasteiger partial charge is 0.465 e. The Morgan fingerprint density at radius 3 is 2.48 bits per heavy atom. The number of carboxylic acid groups (broad SMARTS) is 1. The number of likely N-dealkylation sites (tertiary alicyclic amines) is 1. The summed E-state index contributed by atoms with van der Waals surface area (Å²) in [6.45, 7) is 7.22. The summed E-state index contributed by atoms with van der Waals surface area (Å²) in [7, 11) is -3.96. The molecule has 17 heteroatoms. The van der Waals surface area contributed by atoms with Gasteiger partial charge in [-0.25, -0.2) is 32.4 Å². The molecule has 7 rings (SSSR count). The number of ether oxygens (including phenoxy) is 2. The van der Waals surface area contributed by atoms with Crippen LogP contribution in [-0.2, 0) is 32.5 Å². The number of aromatic nitrogens is 2. The Balaban J connectivity index is 1.49. The predicted octanol–water partition coefficient (Wildman–Crippen LogP) is 6.68. The minimum Gasteiger partial charge on any atom is -0.465 e. The van der Waals surface area contributed by atoms with E-state index in [9.17, 15) is 28.4 Å². The molecule has 0 aliphatic carbocycles. The van der Waals surface area contributed by atoms with Crippen LogP contribution >= 0.6 is 22.9 Å². The molecule has 50 heavy (non-hydrogen) atoms. The van der Waals surface area contributed by atoms with Gasteiger partial charge >= 0.3 is 12.2 Å². The molecule has 0 saturated carbocycles. The van der Waals surface area contributed by atoms with Crippen LogP contribution in [0.4, 0.5) is 24.8 Å². The zero-order valence-corrected chi connectivity index (χ0v) is 29.9. The van der Waals surface area contributed by atoms with Crippen molar-refractivity contribution in [3.63, 3.8) is 0 Å². The van der Waals surface area contributed by atoms with E-state index in [1.165, 1.54) is 24.0 Å². The number of piperazine rings is 1. The third kappa shape index (κ3) is 5.56. The first-order valence-electron chi connectivity index (χ1n) is 15.9. The zero-order chi connectivity index (χ0) is 35.9. The predicted molar refractivity (Wildman–Crippen MR) is 185 cm³/mol. The SMILES string of the molecule is CCS(=O)(=O)c1nc(N2C3CCC2CN(C(=O)O)C3)c2c3c(c(-c4ccc(F)c5sc(NC(=O)OC(C)(C)C)c(C#N)c45)c(Cl)c2n1)COC3. The average Bonchev–Trinajstić information content (AvgIpc) is 3.74. The maximum Gasteiger partial charge on any atom is 0.412 e. The number of rotatable bonds is 5. The van der Waals surface area contributed by atoms with Gasteiger partial charge in [-0.2, -0.15) is 5.26 Å². The molecule has 2 aromatic heterocycles.